The van der Waals surface area contributed by atoms with Crippen LogP contribution in [0.2, 0.25) is 0 Å². The monoisotopic (exact) mass is 233 g/mol. The highest BCUT2D eigenvalue weighted by atomic mass is 15.3. The van der Waals surface area contributed by atoms with Gasteiger partial charge in [0.25, 0.3) is 0 Å². The lowest BCUT2D eigenvalue weighted by atomic mass is 10.3. The number of rotatable bonds is 4. The molecule has 0 saturated carbocycles. The van der Waals surface area contributed by atoms with Crippen LogP contribution in [0.4, 0.5) is 5.82 Å². The largest absolute Gasteiger partial charge is 0.363 e. The van der Waals surface area contributed by atoms with E-state index in [1.54, 1.807) is 0 Å². The standard InChI is InChI=1S/C12H19N5/c1-5-17-11(6-9(2)14-17)8-13-12-7-10(3)16(4)15-12/h6-7H,5,8H2,1-4H3,(H,13,15). The van der Waals surface area contributed by atoms with Crippen molar-refractivity contribution < 1.29 is 0 Å². The first-order valence-electron chi connectivity index (χ1n) is 5.88. The van der Waals surface area contributed by atoms with Gasteiger partial charge in [0.2, 0.25) is 0 Å². The number of nitrogens with one attached hydrogen (secondary N) is 1. The quantitative estimate of drug-likeness (QED) is 0.877. The van der Waals surface area contributed by atoms with Crippen molar-refractivity contribution in [2.24, 2.45) is 7.05 Å². The highest BCUT2D eigenvalue weighted by Gasteiger charge is 2.05. The summed E-state index contributed by atoms with van der Waals surface area (Å²) in [6.07, 6.45) is 0. The van der Waals surface area contributed by atoms with Gasteiger partial charge in [-0.15, -0.1) is 0 Å². The predicted octanol–water partition coefficient (Wildman–Crippen LogP) is 1.87. The van der Waals surface area contributed by atoms with Crippen molar-refractivity contribution in [3.63, 3.8) is 0 Å². The maximum atomic E-state index is 4.42. The first kappa shape index (κ1) is 11.7. The van der Waals surface area contributed by atoms with Crippen molar-refractivity contribution in [2.45, 2.75) is 33.9 Å². The van der Waals surface area contributed by atoms with Gasteiger partial charge in [-0.2, -0.15) is 10.2 Å². The molecule has 2 rings (SSSR count). The summed E-state index contributed by atoms with van der Waals surface area (Å²) in [6.45, 7) is 7.80. The van der Waals surface area contributed by atoms with Crippen LogP contribution in [-0.4, -0.2) is 19.6 Å². The highest BCUT2D eigenvalue weighted by molar-refractivity contribution is 5.36. The lowest BCUT2D eigenvalue weighted by Crippen LogP contribution is -2.08. The molecule has 0 unspecified atom stereocenters. The van der Waals surface area contributed by atoms with E-state index in [4.69, 9.17) is 0 Å². The molecule has 0 saturated heterocycles. The van der Waals surface area contributed by atoms with Gasteiger partial charge in [0.05, 0.1) is 17.9 Å². The van der Waals surface area contributed by atoms with Gasteiger partial charge in [-0.25, -0.2) is 0 Å². The van der Waals surface area contributed by atoms with Crippen LogP contribution in [0.5, 0.6) is 0 Å². The van der Waals surface area contributed by atoms with Crippen LogP contribution in [0.25, 0.3) is 0 Å². The number of hydrogen-bond donors (Lipinski definition) is 1. The molecule has 0 aromatic carbocycles. The molecular formula is C12H19N5. The van der Waals surface area contributed by atoms with Crippen LogP contribution in [0, 0.1) is 13.8 Å². The summed E-state index contributed by atoms with van der Waals surface area (Å²) in [7, 11) is 1.95. The van der Waals surface area contributed by atoms with Gasteiger partial charge in [-0.1, -0.05) is 0 Å². The second-order valence-electron chi connectivity index (χ2n) is 4.24. The first-order valence-corrected chi connectivity index (χ1v) is 5.88. The smallest absolute Gasteiger partial charge is 0.148 e. The van der Waals surface area contributed by atoms with Crippen molar-refractivity contribution in [3.8, 4) is 0 Å². The molecule has 5 heteroatoms. The Kier molecular flexibility index (Phi) is 3.17. The SMILES string of the molecule is CCn1nc(C)cc1CNc1cc(C)n(C)n1. The summed E-state index contributed by atoms with van der Waals surface area (Å²) in [5, 5.41) is 12.1. The molecule has 0 aliphatic carbocycles. The molecule has 0 aliphatic rings. The summed E-state index contributed by atoms with van der Waals surface area (Å²) in [6, 6.07) is 4.14. The van der Waals surface area contributed by atoms with Crippen molar-refractivity contribution in [3.05, 3.63) is 29.2 Å². The summed E-state index contributed by atoms with van der Waals surface area (Å²) < 4.78 is 3.88. The number of anilines is 1. The molecule has 1 N–H and O–H groups in total. The third-order valence-electron chi connectivity index (χ3n) is 2.85. The molecule has 0 radical (unpaired) electrons. The van der Waals surface area contributed by atoms with E-state index in [1.165, 1.54) is 5.69 Å². The maximum absolute atomic E-state index is 4.42. The third kappa shape index (κ3) is 2.49. The Hall–Kier alpha value is -1.78. The van der Waals surface area contributed by atoms with Crippen LogP contribution in [-0.2, 0) is 20.1 Å². The Morgan fingerprint density at radius 1 is 1.24 bits per heavy atom. The van der Waals surface area contributed by atoms with Crippen LogP contribution >= 0.6 is 0 Å². The van der Waals surface area contributed by atoms with Gasteiger partial charge >= 0.3 is 0 Å². The average Bonchev–Trinajstić information content (AvgIpc) is 2.80. The fourth-order valence-corrected chi connectivity index (χ4v) is 1.84. The Labute approximate surface area is 101 Å². The second-order valence-corrected chi connectivity index (χ2v) is 4.24. The molecule has 0 aliphatic heterocycles. The highest BCUT2D eigenvalue weighted by Crippen LogP contribution is 2.10. The van der Waals surface area contributed by atoms with Crippen LogP contribution < -0.4 is 5.32 Å². The number of aryl methyl sites for hydroxylation is 4. The number of hydrogen-bond acceptors (Lipinski definition) is 3. The average molecular weight is 233 g/mol. The summed E-state index contributed by atoms with van der Waals surface area (Å²) >= 11 is 0. The van der Waals surface area contributed by atoms with Gasteiger partial charge in [0.15, 0.2) is 0 Å². The maximum Gasteiger partial charge on any atom is 0.148 e. The van der Waals surface area contributed by atoms with E-state index in [0.29, 0.717) is 0 Å². The Morgan fingerprint density at radius 3 is 2.59 bits per heavy atom. The molecule has 2 heterocycles. The molecule has 92 valence electrons. The van der Waals surface area contributed by atoms with Gasteiger partial charge in [-0.3, -0.25) is 9.36 Å². The van der Waals surface area contributed by atoms with Gasteiger partial charge < -0.3 is 5.32 Å². The van der Waals surface area contributed by atoms with Crippen molar-refractivity contribution in [1.29, 1.82) is 0 Å². The van der Waals surface area contributed by atoms with Gasteiger partial charge in [0, 0.05) is 25.4 Å². The van der Waals surface area contributed by atoms with E-state index in [-0.39, 0.29) is 0 Å². The van der Waals surface area contributed by atoms with E-state index < -0.39 is 0 Å². The van der Waals surface area contributed by atoms with E-state index in [2.05, 4.69) is 28.5 Å². The molecule has 17 heavy (non-hydrogen) atoms. The van der Waals surface area contributed by atoms with Crippen molar-refractivity contribution in [2.75, 3.05) is 5.32 Å². The van der Waals surface area contributed by atoms with E-state index in [0.717, 1.165) is 30.3 Å². The fourth-order valence-electron chi connectivity index (χ4n) is 1.84. The summed E-state index contributed by atoms with van der Waals surface area (Å²) in [4.78, 5) is 0. The minimum absolute atomic E-state index is 0.755. The molecule has 0 spiro atoms. The van der Waals surface area contributed by atoms with Crippen molar-refractivity contribution >= 4 is 5.82 Å². The number of nitrogens with zero attached hydrogens (tertiary/aromatic N) is 4. The van der Waals surface area contributed by atoms with E-state index in [9.17, 15) is 0 Å². The minimum atomic E-state index is 0.755. The zero-order valence-corrected chi connectivity index (χ0v) is 10.9. The van der Waals surface area contributed by atoms with Crippen molar-refractivity contribution in [1.82, 2.24) is 19.6 Å². The van der Waals surface area contributed by atoms with E-state index >= 15 is 0 Å². The molecular weight excluding hydrogens is 214 g/mol. The van der Waals surface area contributed by atoms with Crippen LogP contribution in [0.15, 0.2) is 12.1 Å². The molecule has 0 atom stereocenters. The fraction of sp³-hybridized carbons (Fsp3) is 0.500. The Bertz CT molecular complexity index is 489. The molecule has 2 aromatic heterocycles. The second kappa shape index (κ2) is 4.61. The topological polar surface area (TPSA) is 47.7 Å². The molecule has 2 aromatic rings. The Morgan fingerprint density at radius 2 is 2.00 bits per heavy atom. The summed E-state index contributed by atoms with van der Waals surface area (Å²) in [5.74, 6) is 0.909. The predicted molar refractivity (Wildman–Crippen MR) is 67.9 cm³/mol. The van der Waals surface area contributed by atoms with Gasteiger partial charge in [-0.05, 0) is 26.8 Å². The van der Waals surface area contributed by atoms with Crippen LogP contribution in [0.3, 0.4) is 0 Å². The Balaban J connectivity index is 2.06. The number of aromatic nitrogens is 4. The lowest BCUT2D eigenvalue weighted by molar-refractivity contribution is 0.622. The molecule has 0 amide bonds. The molecule has 0 bridgehead atoms. The normalized spacial score (nSPS) is 10.8. The molecule has 0 fully saturated rings. The van der Waals surface area contributed by atoms with E-state index in [1.807, 2.05) is 36.3 Å². The van der Waals surface area contributed by atoms with Gasteiger partial charge in [0.1, 0.15) is 5.82 Å². The summed E-state index contributed by atoms with van der Waals surface area (Å²) in [5.41, 5.74) is 3.39. The minimum Gasteiger partial charge on any atom is -0.363 e. The third-order valence-corrected chi connectivity index (χ3v) is 2.85. The first-order chi connectivity index (χ1) is 8.10. The zero-order valence-electron chi connectivity index (χ0n) is 10.9. The van der Waals surface area contributed by atoms with Crippen LogP contribution in [0.1, 0.15) is 24.0 Å². The zero-order chi connectivity index (χ0) is 12.4. The lowest BCUT2D eigenvalue weighted by Gasteiger charge is -2.05. The molecule has 5 nitrogen and oxygen atoms in total.